The van der Waals surface area contributed by atoms with E-state index in [2.05, 4.69) is 121 Å². The Balaban J connectivity index is 1.83. The van der Waals surface area contributed by atoms with Crippen molar-refractivity contribution in [3.8, 4) is 11.1 Å². The first-order valence-corrected chi connectivity index (χ1v) is 10.6. The van der Waals surface area contributed by atoms with Crippen LogP contribution in [0.5, 0.6) is 0 Å². The summed E-state index contributed by atoms with van der Waals surface area (Å²) in [6.07, 6.45) is 9.34. The topological polar surface area (TPSA) is 0 Å². The molecule has 0 saturated heterocycles. The fraction of sp³-hybridized carbons (Fsp3) is 0.154. The van der Waals surface area contributed by atoms with Gasteiger partial charge in [-0.3, -0.25) is 0 Å². The van der Waals surface area contributed by atoms with E-state index in [1.54, 1.807) is 0 Å². The summed E-state index contributed by atoms with van der Waals surface area (Å²) in [6, 6.07) is 25.1. The van der Waals surface area contributed by atoms with Crippen LogP contribution in [0.15, 0.2) is 91.0 Å². The Morgan fingerprint density at radius 3 is 2.30 bits per heavy atom. The lowest BCUT2D eigenvalue weighted by Gasteiger charge is -2.40. The van der Waals surface area contributed by atoms with Gasteiger partial charge in [0, 0.05) is 14.9 Å². The van der Waals surface area contributed by atoms with E-state index in [9.17, 15) is 0 Å². The molecule has 27 heavy (non-hydrogen) atoms. The summed E-state index contributed by atoms with van der Waals surface area (Å²) in [7, 11) is 0. The van der Waals surface area contributed by atoms with Crippen LogP contribution in [-0.2, 0) is 10.8 Å². The number of hydrogen-bond donors (Lipinski definition) is 0. The van der Waals surface area contributed by atoms with Gasteiger partial charge in [0.25, 0.3) is 0 Å². The molecule has 3 aliphatic carbocycles. The Hall–Kier alpha value is -2.13. The quantitative estimate of drug-likeness (QED) is 0.332. The first-order chi connectivity index (χ1) is 13.2. The molecule has 3 unspecified atom stereocenters. The van der Waals surface area contributed by atoms with Crippen molar-refractivity contribution in [1.29, 1.82) is 0 Å². The van der Waals surface area contributed by atoms with E-state index in [-0.39, 0.29) is 10.8 Å². The maximum absolute atomic E-state index is 2.46. The van der Waals surface area contributed by atoms with Crippen LogP contribution in [0.4, 0.5) is 0 Å². The van der Waals surface area contributed by atoms with Gasteiger partial charge < -0.3 is 0 Å². The van der Waals surface area contributed by atoms with Crippen LogP contribution >= 0.6 is 22.6 Å². The minimum atomic E-state index is -0.111. The van der Waals surface area contributed by atoms with Gasteiger partial charge in [0.05, 0.1) is 5.41 Å². The predicted octanol–water partition coefficient (Wildman–Crippen LogP) is 6.62. The second-order valence-electron chi connectivity index (χ2n) is 8.09. The molecule has 0 saturated carbocycles. The average molecular weight is 458 g/mol. The van der Waals surface area contributed by atoms with Gasteiger partial charge in [-0.2, -0.15) is 0 Å². The molecular formula is C26H19I. The molecule has 1 spiro atoms. The standard InChI is InChI=1S/C26H19I/c1-25-15-7-6-12-24(25)26(22-11-5-4-10-21(22)25)20-9-3-2-8-18(20)19-14-13-17(27)16-23(19)26/h2-16,24H,1H3. The molecule has 0 aliphatic heterocycles. The summed E-state index contributed by atoms with van der Waals surface area (Å²) in [5.74, 6) is 0.382. The Labute approximate surface area is 173 Å². The van der Waals surface area contributed by atoms with Crippen LogP contribution in [-0.4, -0.2) is 0 Å². The highest BCUT2D eigenvalue weighted by Gasteiger charge is 2.61. The van der Waals surface area contributed by atoms with E-state index < -0.39 is 0 Å². The minimum Gasteiger partial charge on any atom is -0.0787 e. The van der Waals surface area contributed by atoms with E-state index in [0.29, 0.717) is 5.92 Å². The molecule has 1 heteroatoms. The number of fused-ring (bicyclic) bond motifs is 10. The van der Waals surface area contributed by atoms with E-state index in [0.717, 1.165) is 0 Å². The monoisotopic (exact) mass is 458 g/mol. The summed E-state index contributed by atoms with van der Waals surface area (Å²) < 4.78 is 1.31. The third-order valence-corrected chi connectivity index (χ3v) is 7.62. The van der Waals surface area contributed by atoms with Crippen LogP contribution in [0.2, 0.25) is 0 Å². The van der Waals surface area contributed by atoms with Crippen molar-refractivity contribution in [2.45, 2.75) is 17.8 Å². The van der Waals surface area contributed by atoms with Crippen molar-refractivity contribution < 1.29 is 0 Å². The molecule has 0 bridgehead atoms. The number of benzene rings is 3. The molecule has 0 N–H and O–H groups in total. The molecule has 3 aromatic rings. The van der Waals surface area contributed by atoms with Gasteiger partial charge in [-0.25, -0.2) is 0 Å². The second kappa shape index (κ2) is 5.23. The lowest BCUT2D eigenvalue weighted by Crippen LogP contribution is -2.38. The SMILES string of the molecule is CC12C=CC=CC1C1(c3ccccc3-c3ccc(I)cc31)c1ccccc12. The maximum atomic E-state index is 2.46. The van der Waals surface area contributed by atoms with Crippen LogP contribution in [0, 0.1) is 9.49 Å². The number of rotatable bonds is 0. The fourth-order valence-corrected chi connectivity index (χ4v) is 6.45. The molecule has 130 valence electrons. The predicted molar refractivity (Wildman–Crippen MR) is 120 cm³/mol. The number of allylic oxidation sites excluding steroid dienone is 4. The summed E-state index contributed by atoms with van der Waals surface area (Å²) in [4.78, 5) is 0. The zero-order valence-corrected chi connectivity index (χ0v) is 17.3. The number of hydrogen-bond acceptors (Lipinski definition) is 0. The Morgan fingerprint density at radius 1 is 0.741 bits per heavy atom. The lowest BCUT2D eigenvalue weighted by molar-refractivity contribution is 0.372. The molecule has 0 fully saturated rings. The molecule has 0 amide bonds. The zero-order valence-electron chi connectivity index (χ0n) is 15.1. The molecule has 0 heterocycles. The second-order valence-corrected chi connectivity index (χ2v) is 9.34. The third-order valence-electron chi connectivity index (χ3n) is 6.95. The van der Waals surface area contributed by atoms with Crippen LogP contribution in [0.3, 0.4) is 0 Å². The largest absolute Gasteiger partial charge is 0.0787 e. The molecule has 0 aromatic heterocycles. The van der Waals surface area contributed by atoms with Crippen molar-refractivity contribution in [3.63, 3.8) is 0 Å². The minimum absolute atomic E-state index is 0.0152. The Kier molecular flexibility index (Phi) is 3.08. The Morgan fingerprint density at radius 2 is 1.44 bits per heavy atom. The first kappa shape index (κ1) is 15.9. The van der Waals surface area contributed by atoms with Crippen molar-refractivity contribution >= 4 is 22.6 Å². The van der Waals surface area contributed by atoms with Crippen molar-refractivity contribution in [2.75, 3.05) is 0 Å². The summed E-state index contributed by atoms with van der Waals surface area (Å²) >= 11 is 2.46. The molecule has 0 radical (unpaired) electrons. The highest BCUT2D eigenvalue weighted by atomic mass is 127. The first-order valence-electron chi connectivity index (χ1n) is 9.53. The summed E-state index contributed by atoms with van der Waals surface area (Å²) in [5, 5.41) is 0. The van der Waals surface area contributed by atoms with E-state index >= 15 is 0 Å². The molecule has 0 nitrogen and oxygen atoms in total. The molecule has 3 aromatic carbocycles. The molecule has 6 rings (SSSR count). The smallest absolute Gasteiger partial charge is 0.0540 e. The normalized spacial score (nSPS) is 28.7. The van der Waals surface area contributed by atoms with Gasteiger partial charge in [-0.1, -0.05) is 85.8 Å². The lowest BCUT2D eigenvalue weighted by atomic mass is 9.61. The molecule has 3 aliphatic rings. The number of halogens is 1. The highest BCUT2D eigenvalue weighted by Crippen LogP contribution is 2.66. The van der Waals surface area contributed by atoms with Crippen molar-refractivity contribution in [3.05, 3.63) is 117 Å². The maximum Gasteiger partial charge on any atom is 0.0540 e. The molecule has 3 atom stereocenters. The third kappa shape index (κ3) is 1.75. The van der Waals surface area contributed by atoms with E-state index in [4.69, 9.17) is 0 Å². The van der Waals surface area contributed by atoms with Gasteiger partial charge in [0.1, 0.15) is 0 Å². The van der Waals surface area contributed by atoms with Crippen LogP contribution < -0.4 is 0 Å². The van der Waals surface area contributed by atoms with E-state index in [1.165, 1.54) is 37.0 Å². The highest BCUT2D eigenvalue weighted by molar-refractivity contribution is 14.1. The summed E-state index contributed by atoms with van der Waals surface area (Å²) in [6.45, 7) is 2.42. The average Bonchev–Trinajstić information content (AvgIpc) is 3.11. The van der Waals surface area contributed by atoms with E-state index in [1.807, 2.05) is 0 Å². The summed E-state index contributed by atoms with van der Waals surface area (Å²) in [5.41, 5.74) is 8.57. The van der Waals surface area contributed by atoms with Crippen molar-refractivity contribution in [2.24, 2.45) is 5.92 Å². The van der Waals surface area contributed by atoms with Crippen LogP contribution in [0.25, 0.3) is 11.1 Å². The van der Waals surface area contributed by atoms with Gasteiger partial charge in [0.15, 0.2) is 0 Å². The van der Waals surface area contributed by atoms with Gasteiger partial charge in [0.2, 0.25) is 0 Å². The Bertz CT molecular complexity index is 1170. The van der Waals surface area contributed by atoms with Gasteiger partial charge in [-0.05, 0) is 68.1 Å². The molecular weight excluding hydrogens is 439 g/mol. The zero-order chi connectivity index (χ0) is 18.2. The van der Waals surface area contributed by atoms with Gasteiger partial charge >= 0.3 is 0 Å². The van der Waals surface area contributed by atoms with Gasteiger partial charge in [-0.15, -0.1) is 0 Å². The van der Waals surface area contributed by atoms with Crippen LogP contribution in [0.1, 0.15) is 29.2 Å². The fourth-order valence-electron chi connectivity index (χ4n) is 5.96. The van der Waals surface area contributed by atoms with Crippen molar-refractivity contribution in [1.82, 2.24) is 0 Å².